The van der Waals surface area contributed by atoms with Gasteiger partial charge in [-0.15, -0.1) is 0 Å². The molecule has 3 nitrogen and oxygen atoms in total. The van der Waals surface area contributed by atoms with Crippen LogP contribution in [-0.2, 0) is 0 Å². The zero-order valence-electron chi connectivity index (χ0n) is 12.5. The number of para-hydroxylation sites is 1. The third-order valence-corrected chi connectivity index (χ3v) is 3.86. The van der Waals surface area contributed by atoms with Gasteiger partial charge in [0, 0.05) is 10.9 Å². The van der Waals surface area contributed by atoms with Gasteiger partial charge in [-0.2, -0.15) is 0 Å². The van der Waals surface area contributed by atoms with Crippen molar-refractivity contribution in [2.24, 2.45) is 0 Å². The zero-order valence-corrected chi connectivity index (χ0v) is 13.3. The van der Waals surface area contributed by atoms with Crippen LogP contribution in [0.25, 0.3) is 22.2 Å². The molecule has 1 N–H and O–H groups in total. The van der Waals surface area contributed by atoms with Gasteiger partial charge in [-0.3, -0.25) is 0 Å². The molecule has 0 aliphatic carbocycles. The number of aliphatic hydroxyl groups is 1. The van der Waals surface area contributed by atoms with Crippen LogP contribution in [0.2, 0.25) is 5.02 Å². The van der Waals surface area contributed by atoms with Gasteiger partial charge in [-0.1, -0.05) is 23.7 Å². The fourth-order valence-corrected chi connectivity index (χ4v) is 2.65. The van der Waals surface area contributed by atoms with Crippen molar-refractivity contribution in [2.45, 2.75) is 6.92 Å². The molecule has 0 spiro atoms. The average molecular weight is 332 g/mol. The quantitative estimate of drug-likeness (QED) is 0.771. The van der Waals surface area contributed by atoms with Crippen molar-refractivity contribution >= 4 is 22.5 Å². The van der Waals surface area contributed by atoms with E-state index in [0.29, 0.717) is 17.0 Å². The molecular formula is C18H15ClFNO2. The van der Waals surface area contributed by atoms with Crippen molar-refractivity contribution in [1.29, 1.82) is 0 Å². The number of ether oxygens (including phenoxy) is 1. The molecule has 0 fully saturated rings. The summed E-state index contributed by atoms with van der Waals surface area (Å²) in [5.41, 5.74) is 3.05. The van der Waals surface area contributed by atoms with Crippen LogP contribution in [0.3, 0.4) is 0 Å². The number of aromatic nitrogens is 1. The number of aryl methyl sites for hydroxylation is 1. The molecular weight excluding hydrogens is 317 g/mol. The minimum absolute atomic E-state index is 0.0476. The lowest BCUT2D eigenvalue weighted by Gasteiger charge is -2.12. The Kier molecular flexibility index (Phi) is 4.46. The van der Waals surface area contributed by atoms with Gasteiger partial charge in [0.15, 0.2) is 0 Å². The van der Waals surface area contributed by atoms with Crippen LogP contribution in [0, 0.1) is 12.7 Å². The normalized spacial score (nSPS) is 11.0. The Bertz CT molecular complexity index is 867. The molecule has 0 saturated carbocycles. The smallest absolute Gasteiger partial charge is 0.142 e. The Morgan fingerprint density at radius 1 is 1.22 bits per heavy atom. The molecule has 0 saturated heterocycles. The first-order valence-electron chi connectivity index (χ1n) is 7.19. The Morgan fingerprint density at radius 2 is 2.00 bits per heavy atom. The van der Waals surface area contributed by atoms with Gasteiger partial charge in [-0.05, 0) is 42.8 Å². The third-order valence-electron chi connectivity index (χ3n) is 3.57. The molecule has 3 rings (SSSR count). The highest BCUT2D eigenvalue weighted by molar-refractivity contribution is 6.31. The highest BCUT2D eigenvalue weighted by atomic mass is 35.5. The second-order valence-corrected chi connectivity index (χ2v) is 5.58. The average Bonchev–Trinajstić information content (AvgIpc) is 2.55. The Balaban J connectivity index is 2.16. The number of fused-ring (bicyclic) bond motifs is 1. The van der Waals surface area contributed by atoms with E-state index in [1.165, 1.54) is 12.1 Å². The Hall–Kier alpha value is -2.17. The summed E-state index contributed by atoms with van der Waals surface area (Å²) < 4.78 is 19.2. The summed E-state index contributed by atoms with van der Waals surface area (Å²) in [4.78, 5) is 4.58. The van der Waals surface area contributed by atoms with Crippen LogP contribution in [0.4, 0.5) is 4.39 Å². The lowest BCUT2D eigenvalue weighted by atomic mass is 10.0. The van der Waals surface area contributed by atoms with Crippen molar-refractivity contribution in [1.82, 2.24) is 4.98 Å². The maximum Gasteiger partial charge on any atom is 0.142 e. The molecule has 5 heteroatoms. The Labute approximate surface area is 138 Å². The van der Waals surface area contributed by atoms with E-state index in [2.05, 4.69) is 4.98 Å². The summed E-state index contributed by atoms with van der Waals surface area (Å²) in [7, 11) is 0. The van der Waals surface area contributed by atoms with Gasteiger partial charge in [0.05, 0.1) is 22.8 Å². The van der Waals surface area contributed by atoms with Crippen molar-refractivity contribution in [3.05, 3.63) is 58.9 Å². The van der Waals surface area contributed by atoms with Gasteiger partial charge in [0.1, 0.15) is 18.2 Å². The SMILES string of the molecule is Cc1cc(-c2ccccc2OCCO)nc2cc(Cl)c(F)cc12. The highest BCUT2D eigenvalue weighted by Crippen LogP contribution is 2.32. The minimum atomic E-state index is -0.455. The molecule has 118 valence electrons. The topological polar surface area (TPSA) is 42.4 Å². The van der Waals surface area contributed by atoms with Crippen molar-refractivity contribution in [3.8, 4) is 17.0 Å². The predicted molar refractivity (Wildman–Crippen MR) is 89.5 cm³/mol. The number of hydrogen-bond acceptors (Lipinski definition) is 3. The molecule has 0 atom stereocenters. The summed E-state index contributed by atoms with van der Waals surface area (Å²) >= 11 is 5.87. The van der Waals surface area contributed by atoms with E-state index >= 15 is 0 Å². The van der Waals surface area contributed by atoms with Gasteiger partial charge in [-0.25, -0.2) is 9.37 Å². The first kappa shape index (κ1) is 15.7. The number of rotatable bonds is 4. The van der Waals surface area contributed by atoms with Crippen LogP contribution in [0.1, 0.15) is 5.56 Å². The van der Waals surface area contributed by atoms with Crippen LogP contribution >= 0.6 is 11.6 Å². The minimum Gasteiger partial charge on any atom is -0.490 e. The molecule has 3 aromatic rings. The first-order valence-corrected chi connectivity index (χ1v) is 7.57. The van der Waals surface area contributed by atoms with Gasteiger partial charge in [0.2, 0.25) is 0 Å². The standard InChI is InChI=1S/C18H15ClFNO2/c1-11-8-16(12-4-2-3-5-18(12)23-7-6-22)21-17-10-14(19)15(20)9-13(11)17/h2-5,8-10,22H,6-7H2,1H3. The van der Waals surface area contributed by atoms with Gasteiger partial charge < -0.3 is 9.84 Å². The molecule has 23 heavy (non-hydrogen) atoms. The van der Waals surface area contributed by atoms with Crippen LogP contribution < -0.4 is 4.74 Å². The molecule has 1 heterocycles. The molecule has 0 amide bonds. The number of benzene rings is 2. The fraction of sp³-hybridized carbons (Fsp3) is 0.167. The van der Waals surface area contributed by atoms with E-state index in [-0.39, 0.29) is 18.2 Å². The number of hydrogen-bond donors (Lipinski definition) is 1. The molecule has 0 unspecified atom stereocenters. The summed E-state index contributed by atoms with van der Waals surface area (Å²) in [6.07, 6.45) is 0. The summed E-state index contributed by atoms with van der Waals surface area (Å²) in [6, 6.07) is 12.3. The summed E-state index contributed by atoms with van der Waals surface area (Å²) in [5.74, 6) is 0.185. The number of aliphatic hydroxyl groups excluding tert-OH is 1. The van der Waals surface area contributed by atoms with E-state index in [9.17, 15) is 4.39 Å². The monoisotopic (exact) mass is 331 g/mol. The fourth-order valence-electron chi connectivity index (χ4n) is 2.49. The van der Waals surface area contributed by atoms with Crippen molar-refractivity contribution in [3.63, 3.8) is 0 Å². The van der Waals surface area contributed by atoms with Crippen LogP contribution in [0.5, 0.6) is 5.75 Å². The number of halogens is 2. The van der Waals surface area contributed by atoms with E-state index in [0.717, 1.165) is 16.5 Å². The molecule has 2 aromatic carbocycles. The van der Waals surface area contributed by atoms with E-state index in [1.807, 2.05) is 37.3 Å². The summed E-state index contributed by atoms with van der Waals surface area (Å²) in [5, 5.41) is 9.71. The number of nitrogens with zero attached hydrogens (tertiary/aromatic N) is 1. The highest BCUT2D eigenvalue weighted by Gasteiger charge is 2.12. The zero-order chi connectivity index (χ0) is 16.4. The first-order chi connectivity index (χ1) is 11.1. The maximum absolute atomic E-state index is 13.7. The lowest BCUT2D eigenvalue weighted by Crippen LogP contribution is -2.03. The van der Waals surface area contributed by atoms with Crippen molar-refractivity contribution in [2.75, 3.05) is 13.2 Å². The van der Waals surface area contributed by atoms with Gasteiger partial charge >= 0.3 is 0 Å². The second-order valence-electron chi connectivity index (χ2n) is 5.18. The van der Waals surface area contributed by atoms with E-state index < -0.39 is 5.82 Å². The molecule has 0 bridgehead atoms. The second kappa shape index (κ2) is 6.52. The molecule has 0 aliphatic rings. The van der Waals surface area contributed by atoms with Crippen molar-refractivity contribution < 1.29 is 14.2 Å². The summed E-state index contributed by atoms with van der Waals surface area (Å²) in [6.45, 7) is 2.05. The largest absolute Gasteiger partial charge is 0.490 e. The number of pyridine rings is 1. The molecule has 1 aromatic heterocycles. The lowest BCUT2D eigenvalue weighted by molar-refractivity contribution is 0.202. The predicted octanol–water partition coefficient (Wildman–Crippen LogP) is 4.37. The van der Waals surface area contributed by atoms with E-state index in [4.69, 9.17) is 21.4 Å². The maximum atomic E-state index is 13.7. The van der Waals surface area contributed by atoms with Crippen LogP contribution in [-0.4, -0.2) is 23.3 Å². The van der Waals surface area contributed by atoms with Gasteiger partial charge in [0.25, 0.3) is 0 Å². The molecule has 0 aliphatic heterocycles. The van der Waals surface area contributed by atoms with E-state index in [1.54, 1.807) is 0 Å². The van der Waals surface area contributed by atoms with Crippen LogP contribution in [0.15, 0.2) is 42.5 Å². The molecule has 0 radical (unpaired) electrons. The third kappa shape index (κ3) is 3.14. The Morgan fingerprint density at radius 3 is 2.78 bits per heavy atom.